The lowest BCUT2D eigenvalue weighted by Gasteiger charge is -2.24. The van der Waals surface area contributed by atoms with Crippen molar-refractivity contribution in [2.45, 2.75) is 31.0 Å². The Kier molecular flexibility index (Phi) is 3.85. The van der Waals surface area contributed by atoms with Gasteiger partial charge < -0.3 is 20.9 Å². The van der Waals surface area contributed by atoms with Crippen LogP contribution in [0.2, 0.25) is 0 Å². The first kappa shape index (κ1) is 15.6. The molecule has 0 bridgehead atoms. The number of nitrogen functional groups attached to an aromatic ring is 1. The molecule has 0 aliphatic carbocycles. The van der Waals surface area contributed by atoms with Gasteiger partial charge in [-0.05, 0) is 6.92 Å². The lowest BCUT2D eigenvalue weighted by Crippen LogP contribution is -2.40. The quantitative estimate of drug-likeness (QED) is 0.497. The molecule has 0 radical (unpaired) electrons. The van der Waals surface area contributed by atoms with Crippen LogP contribution in [0, 0.1) is 0 Å². The number of hydrogen-bond acceptors (Lipinski definition) is 7. The first-order valence-corrected chi connectivity index (χ1v) is 8.19. The molecule has 4 atom stereocenters. The third-order valence-corrected chi connectivity index (χ3v) is 4.67. The minimum Gasteiger partial charge on any atom is -0.387 e. The van der Waals surface area contributed by atoms with E-state index >= 15 is 0 Å². The molecule has 8 nitrogen and oxygen atoms in total. The molecule has 1 saturated heterocycles. The smallest absolute Gasteiger partial charge is 0.224 e. The minimum atomic E-state index is -1.97. The Hall–Kier alpha value is -1.27. The van der Waals surface area contributed by atoms with Gasteiger partial charge in [-0.15, -0.1) is 0 Å². The summed E-state index contributed by atoms with van der Waals surface area (Å²) < 4.78 is 22.6. The summed E-state index contributed by atoms with van der Waals surface area (Å²) in [7, 11) is 1.68. The van der Waals surface area contributed by atoms with Gasteiger partial charge >= 0.3 is 0 Å². The van der Waals surface area contributed by atoms with Crippen molar-refractivity contribution in [3.05, 3.63) is 6.33 Å². The molecule has 2 aromatic rings. The molecule has 2 aromatic heterocycles. The fourth-order valence-electron chi connectivity index (χ4n) is 2.62. The zero-order valence-corrected chi connectivity index (χ0v) is 14.2. The molecule has 0 saturated carbocycles. The monoisotopic (exact) mass is 422 g/mol. The average molecular weight is 422 g/mol. The van der Waals surface area contributed by atoms with Gasteiger partial charge in [0.15, 0.2) is 28.9 Å². The van der Waals surface area contributed by atoms with Crippen LogP contribution in [0.5, 0.6) is 0 Å². The molecule has 0 amide bonds. The number of nitrogens with zero attached hydrogens (tertiary/aromatic N) is 4. The number of anilines is 2. The van der Waals surface area contributed by atoms with E-state index < -0.39 is 24.1 Å². The summed E-state index contributed by atoms with van der Waals surface area (Å²) in [4.78, 5) is 12.4. The van der Waals surface area contributed by atoms with Crippen LogP contribution in [0.3, 0.4) is 0 Å². The van der Waals surface area contributed by atoms with Crippen LogP contribution in [0.1, 0.15) is 13.2 Å². The fraction of sp³-hybridized carbons (Fsp3) is 0.583. The molecule has 3 rings (SSSR count). The second-order valence-corrected chi connectivity index (χ2v) is 6.16. The molecule has 120 valence electrons. The summed E-state index contributed by atoms with van der Waals surface area (Å²) in [6.45, 7) is 1.31. The van der Waals surface area contributed by atoms with E-state index in [4.69, 9.17) is 10.5 Å². The van der Waals surface area contributed by atoms with E-state index in [1.165, 1.54) is 17.8 Å². The highest BCUT2D eigenvalue weighted by Crippen LogP contribution is 2.43. The van der Waals surface area contributed by atoms with Gasteiger partial charge in [0.05, 0.1) is 12.4 Å². The zero-order chi connectivity index (χ0) is 16.1. The normalized spacial score (nSPS) is 31.8. The maximum Gasteiger partial charge on any atom is 0.224 e. The van der Waals surface area contributed by atoms with Crippen molar-refractivity contribution in [3.8, 4) is 0 Å². The maximum absolute atomic E-state index is 15.0. The number of rotatable bonds is 3. The molecule has 1 fully saturated rings. The van der Waals surface area contributed by atoms with Gasteiger partial charge in [-0.2, -0.15) is 9.97 Å². The summed E-state index contributed by atoms with van der Waals surface area (Å²) in [6, 6.07) is 0. The number of aliphatic hydroxyl groups is 1. The van der Waals surface area contributed by atoms with Crippen LogP contribution in [0.15, 0.2) is 6.33 Å². The van der Waals surface area contributed by atoms with Gasteiger partial charge in [0.2, 0.25) is 5.95 Å². The highest BCUT2D eigenvalue weighted by Gasteiger charge is 2.54. The van der Waals surface area contributed by atoms with Crippen molar-refractivity contribution < 1.29 is 14.2 Å². The molecule has 0 spiro atoms. The zero-order valence-electron chi connectivity index (χ0n) is 12.0. The van der Waals surface area contributed by atoms with Crippen molar-refractivity contribution >= 4 is 45.5 Å². The van der Waals surface area contributed by atoms with Crippen molar-refractivity contribution in [3.63, 3.8) is 0 Å². The van der Waals surface area contributed by atoms with E-state index in [-0.39, 0.29) is 5.95 Å². The third kappa shape index (κ3) is 2.20. The highest BCUT2D eigenvalue weighted by atomic mass is 127. The maximum atomic E-state index is 15.0. The Balaban J connectivity index is 2.13. The third-order valence-electron chi connectivity index (χ3n) is 3.80. The number of imidazole rings is 1. The first-order chi connectivity index (χ1) is 10.4. The van der Waals surface area contributed by atoms with Crippen LogP contribution in [0.25, 0.3) is 11.2 Å². The SMILES string of the molecule is CNc1nc(N)nc2c1ncn2[C@@H]1O[C@H](CI)[C@@H](O)[C@@]1(C)F. The molecule has 0 unspecified atom stereocenters. The Morgan fingerprint density at radius 2 is 2.32 bits per heavy atom. The predicted molar refractivity (Wildman–Crippen MR) is 87.6 cm³/mol. The molecule has 1 aliphatic heterocycles. The number of fused-ring (bicyclic) bond motifs is 1. The summed E-state index contributed by atoms with van der Waals surface area (Å²) >= 11 is 2.05. The number of aromatic nitrogens is 4. The van der Waals surface area contributed by atoms with Crippen molar-refractivity contribution in [2.75, 3.05) is 22.5 Å². The van der Waals surface area contributed by atoms with Gasteiger partial charge in [-0.1, -0.05) is 22.6 Å². The number of nitrogens with two attached hydrogens (primary N) is 1. The molecule has 1 aliphatic rings. The lowest BCUT2D eigenvalue weighted by molar-refractivity contribution is -0.0413. The van der Waals surface area contributed by atoms with Crippen molar-refractivity contribution in [1.82, 2.24) is 19.5 Å². The Morgan fingerprint density at radius 3 is 2.91 bits per heavy atom. The number of halogens is 2. The molecule has 10 heteroatoms. The minimum absolute atomic E-state index is 0.0446. The van der Waals surface area contributed by atoms with Gasteiger partial charge in [0.25, 0.3) is 0 Å². The van der Waals surface area contributed by atoms with Crippen molar-refractivity contribution in [1.29, 1.82) is 0 Å². The topological polar surface area (TPSA) is 111 Å². The second-order valence-electron chi connectivity index (χ2n) is 5.28. The Labute approximate surface area is 139 Å². The van der Waals surface area contributed by atoms with Gasteiger partial charge in [-0.3, -0.25) is 4.57 Å². The molecule has 4 N–H and O–H groups in total. The summed E-state index contributed by atoms with van der Waals surface area (Å²) in [6.07, 6.45) is -1.44. The number of alkyl halides is 2. The van der Waals surface area contributed by atoms with Gasteiger partial charge in [0, 0.05) is 11.5 Å². The molecule has 22 heavy (non-hydrogen) atoms. The summed E-state index contributed by atoms with van der Waals surface area (Å²) in [5.41, 5.74) is 4.53. The fourth-order valence-corrected chi connectivity index (χ4v) is 3.31. The van der Waals surface area contributed by atoms with Crippen LogP contribution in [0.4, 0.5) is 16.2 Å². The number of nitrogens with one attached hydrogen (secondary N) is 1. The Bertz CT molecular complexity index is 708. The molecule has 0 aromatic carbocycles. The van der Waals surface area contributed by atoms with Crippen LogP contribution in [-0.4, -0.2) is 54.0 Å². The van der Waals surface area contributed by atoms with Gasteiger partial charge in [0.1, 0.15) is 6.10 Å². The van der Waals surface area contributed by atoms with E-state index in [1.807, 2.05) is 0 Å². The van der Waals surface area contributed by atoms with E-state index in [0.717, 1.165) is 0 Å². The highest BCUT2D eigenvalue weighted by molar-refractivity contribution is 14.1. The number of hydrogen-bond donors (Lipinski definition) is 3. The summed E-state index contributed by atoms with van der Waals surface area (Å²) in [5.74, 6) is 0.494. The first-order valence-electron chi connectivity index (χ1n) is 6.66. The second kappa shape index (κ2) is 5.42. The number of aliphatic hydroxyl groups excluding tert-OH is 1. The van der Waals surface area contributed by atoms with E-state index in [9.17, 15) is 9.50 Å². The van der Waals surface area contributed by atoms with E-state index in [2.05, 4.69) is 42.9 Å². The molecule has 3 heterocycles. The Morgan fingerprint density at radius 1 is 1.59 bits per heavy atom. The number of ether oxygens (including phenoxy) is 1. The lowest BCUT2D eigenvalue weighted by atomic mass is 9.99. The van der Waals surface area contributed by atoms with E-state index in [0.29, 0.717) is 21.4 Å². The molecular formula is C12H16FIN6O2. The largest absolute Gasteiger partial charge is 0.387 e. The summed E-state index contributed by atoms with van der Waals surface area (Å²) in [5, 5.41) is 13.0. The van der Waals surface area contributed by atoms with Gasteiger partial charge in [-0.25, -0.2) is 9.37 Å². The molecular weight excluding hydrogens is 406 g/mol. The van der Waals surface area contributed by atoms with Crippen molar-refractivity contribution in [2.24, 2.45) is 0 Å². The van der Waals surface area contributed by atoms with E-state index in [1.54, 1.807) is 7.05 Å². The standard InChI is InChI=1S/C12H16FIN6O2/c1-12(13)7(21)5(3-14)22-10(12)20-4-17-6-8(16-2)18-11(15)19-9(6)20/h4-5,7,10,21H,3H2,1-2H3,(H3,15,16,18,19)/t5-,7-,10-,12-/m1/s1. The average Bonchev–Trinajstić information content (AvgIpc) is 2.98. The predicted octanol–water partition coefficient (Wildman–Crippen LogP) is 0.872. The van der Waals surface area contributed by atoms with Crippen LogP contribution < -0.4 is 11.1 Å². The van der Waals surface area contributed by atoms with Crippen LogP contribution >= 0.6 is 22.6 Å². The van der Waals surface area contributed by atoms with Crippen LogP contribution in [-0.2, 0) is 4.74 Å².